The molecule has 0 radical (unpaired) electrons. The highest BCUT2D eigenvalue weighted by atomic mass is 79.9. The molecule has 0 aliphatic carbocycles. The number of likely N-dealkylation sites (tertiary alicyclic amines) is 1. The molecule has 1 aromatic carbocycles. The van der Waals surface area contributed by atoms with Gasteiger partial charge in [-0.3, -0.25) is 4.90 Å². The maximum atomic E-state index is 3.61. The molecular weight excluding hydrogens is 326 g/mol. The van der Waals surface area contributed by atoms with Crippen molar-refractivity contribution in [3.63, 3.8) is 0 Å². The Labute approximate surface area is 136 Å². The van der Waals surface area contributed by atoms with E-state index < -0.39 is 0 Å². The number of hydrogen-bond acceptors (Lipinski definition) is 3. The largest absolute Gasteiger partial charge is 0.370 e. The third-order valence-corrected chi connectivity index (χ3v) is 5.26. The van der Waals surface area contributed by atoms with E-state index in [0.29, 0.717) is 0 Å². The lowest BCUT2D eigenvalue weighted by molar-refractivity contribution is 0.260. The monoisotopic (exact) mass is 351 g/mol. The number of rotatable bonds is 5. The van der Waals surface area contributed by atoms with Gasteiger partial charge in [0.15, 0.2) is 0 Å². The summed E-state index contributed by atoms with van der Waals surface area (Å²) in [4.78, 5) is 5.28. The molecule has 1 unspecified atom stereocenters. The number of anilines is 1. The van der Waals surface area contributed by atoms with Gasteiger partial charge in [0.25, 0.3) is 0 Å². The molecule has 2 aliphatic heterocycles. The first-order chi connectivity index (χ1) is 10.3. The van der Waals surface area contributed by atoms with Gasteiger partial charge >= 0.3 is 0 Å². The van der Waals surface area contributed by atoms with E-state index in [2.05, 4.69) is 56.2 Å². The Hall–Kier alpha value is -0.580. The van der Waals surface area contributed by atoms with Crippen molar-refractivity contribution in [1.82, 2.24) is 10.2 Å². The normalized spacial score (nSPS) is 23.1. The molecule has 21 heavy (non-hydrogen) atoms. The van der Waals surface area contributed by atoms with Gasteiger partial charge in [0.2, 0.25) is 0 Å². The molecule has 0 aromatic heterocycles. The molecule has 2 saturated heterocycles. The zero-order valence-corrected chi connectivity index (χ0v) is 14.5. The molecule has 1 aromatic rings. The summed E-state index contributed by atoms with van der Waals surface area (Å²) in [6, 6.07) is 7.49. The highest BCUT2D eigenvalue weighted by Gasteiger charge is 2.30. The van der Waals surface area contributed by atoms with Crippen LogP contribution in [0.25, 0.3) is 0 Å². The van der Waals surface area contributed by atoms with Crippen LogP contribution in [0.4, 0.5) is 5.69 Å². The average molecular weight is 352 g/mol. The predicted octanol–water partition coefficient (Wildman–Crippen LogP) is 3.23. The summed E-state index contributed by atoms with van der Waals surface area (Å²) in [6.45, 7) is 9.14. The second-order valence-corrected chi connectivity index (χ2v) is 7.10. The molecule has 3 rings (SSSR count). The number of nitrogens with one attached hydrogen (secondary N) is 1. The average Bonchev–Trinajstić information content (AvgIpc) is 3.15. The molecule has 2 heterocycles. The SMILES string of the molecule is CCNCc1cc(Br)ccc1N1CCC(N2CCCC2)C1. The summed E-state index contributed by atoms with van der Waals surface area (Å²) >= 11 is 3.61. The quantitative estimate of drug-likeness (QED) is 0.878. The van der Waals surface area contributed by atoms with Crippen molar-refractivity contribution in [2.45, 2.75) is 38.8 Å². The van der Waals surface area contributed by atoms with Crippen LogP contribution < -0.4 is 10.2 Å². The van der Waals surface area contributed by atoms with E-state index in [-0.39, 0.29) is 0 Å². The fourth-order valence-corrected chi connectivity index (χ4v) is 4.04. The maximum Gasteiger partial charge on any atom is 0.0413 e. The van der Waals surface area contributed by atoms with E-state index >= 15 is 0 Å². The van der Waals surface area contributed by atoms with E-state index in [0.717, 1.165) is 19.1 Å². The standard InChI is InChI=1S/C17H26BrN3/c1-2-19-12-14-11-15(18)5-6-17(14)21-10-7-16(13-21)20-8-3-4-9-20/h5-6,11,16,19H,2-4,7-10,12-13H2,1H3. The second kappa shape index (κ2) is 7.12. The molecular formula is C17H26BrN3. The molecule has 3 nitrogen and oxygen atoms in total. The van der Waals surface area contributed by atoms with E-state index in [4.69, 9.17) is 0 Å². The minimum atomic E-state index is 0.767. The molecule has 1 N–H and O–H groups in total. The molecule has 1 atom stereocenters. The van der Waals surface area contributed by atoms with Gasteiger partial charge in [0, 0.05) is 35.8 Å². The maximum absolute atomic E-state index is 3.61. The zero-order valence-electron chi connectivity index (χ0n) is 12.9. The fraction of sp³-hybridized carbons (Fsp3) is 0.647. The van der Waals surface area contributed by atoms with Gasteiger partial charge in [0.1, 0.15) is 0 Å². The van der Waals surface area contributed by atoms with Crippen LogP contribution in [0.3, 0.4) is 0 Å². The Morgan fingerprint density at radius 2 is 2.05 bits per heavy atom. The minimum Gasteiger partial charge on any atom is -0.370 e. The Kier molecular flexibility index (Phi) is 5.19. The molecule has 116 valence electrons. The van der Waals surface area contributed by atoms with Crippen LogP contribution in [0.15, 0.2) is 22.7 Å². The first-order valence-electron chi connectivity index (χ1n) is 8.26. The molecule has 0 spiro atoms. The van der Waals surface area contributed by atoms with Crippen molar-refractivity contribution in [3.05, 3.63) is 28.2 Å². The summed E-state index contributed by atoms with van der Waals surface area (Å²) in [6.07, 6.45) is 4.09. The van der Waals surface area contributed by atoms with Crippen molar-refractivity contribution in [2.75, 3.05) is 37.6 Å². The summed E-state index contributed by atoms with van der Waals surface area (Å²) in [5.74, 6) is 0. The lowest BCUT2D eigenvalue weighted by Gasteiger charge is -2.26. The Morgan fingerprint density at radius 1 is 1.24 bits per heavy atom. The minimum absolute atomic E-state index is 0.767. The van der Waals surface area contributed by atoms with Gasteiger partial charge in [0.05, 0.1) is 0 Å². The number of hydrogen-bond donors (Lipinski definition) is 1. The van der Waals surface area contributed by atoms with Crippen LogP contribution >= 0.6 is 15.9 Å². The summed E-state index contributed by atoms with van der Waals surface area (Å²) in [5, 5.41) is 3.46. The van der Waals surface area contributed by atoms with Crippen molar-refractivity contribution in [3.8, 4) is 0 Å². The highest BCUT2D eigenvalue weighted by Crippen LogP contribution is 2.30. The lowest BCUT2D eigenvalue weighted by atomic mass is 10.1. The Balaban J connectivity index is 1.71. The van der Waals surface area contributed by atoms with Crippen LogP contribution in [0.1, 0.15) is 31.7 Å². The van der Waals surface area contributed by atoms with E-state index in [1.54, 1.807) is 0 Å². The number of halogens is 1. The molecule has 0 amide bonds. The number of nitrogens with zero attached hydrogens (tertiary/aromatic N) is 2. The molecule has 0 saturated carbocycles. The lowest BCUT2D eigenvalue weighted by Crippen LogP contribution is -2.35. The molecule has 4 heteroatoms. The van der Waals surface area contributed by atoms with Crippen LogP contribution in [-0.2, 0) is 6.54 Å². The smallest absolute Gasteiger partial charge is 0.0413 e. The third-order valence-electron chi connectivity index (χ3n) is 4.77. The van der Waals surface area contributed by atoms with E-state index in [1.807, 2.05) is 0 Å². The second-order valence-electron chi connectivity index (χ2n) is 6.18. The topological polar surface area (TPSA) is 18.5 Å². The van der Waals surface area contributed by atoms with E-state index in [1.165, 1.54) is 61.2 Å². The van der Waals surface area contributed by atoms with E-state index in [9.17, 15) is 0 Å². The van der Waals surface area contributed by atoms with Gasteiger partial charge in [-0.2, -0.15) is 0 Å². The van der Waals surface area contributed by atoms with Gasteiger partial charge in [-0.25, -0.2) is 0 Å². The molecule has 2 aliphatic rings. The van der Waals surface area contributed by atoms with Crippen LogP contribution in [0.5, 0.6) is 0 Å². The Bertz CT molecular complexity index is 471. The highest BCUT2D eigenvalue weighted by molar-refractivity contribution is 9.10. The van der Waals surface area contributed by atoms with Crippen molar-refractivity contribution in [2.24, 2.45) is 0 Å². The summed E-state index contributed by atoms with van der Waals surface area (Å²) in [7, 11) is 0. The van der Waals surface area contributed by atoms with Gasteiger partial charge in [-0.05, 0) is 62.7 Å². The van der Waals surface area contributed by atoms with Crippen LogP contribution in [-0.4, -0.2) is 43.7 Å². The van der Waals surface area contributed by atoms with Crippen LogP contribution in [0.2, 0.25) is 0 Å². The van der Waals surface area contributed by atoms with Crippen molar-refractivity contribution in [1.29, 1.82) is 0 Å². The van der Waals surface area contributed by atoms with Crippen molar-refractivity contribution >= 4 is 21.6 Å². The van der Waals surface area contributed by atoms with Gasteiger partial charge in [-0.15, -0.1) is 0 Å². The first-order valence-corrected chi connectivity index (χ1v) is 9.05. The molecule has 0 bridgehead atoms. The van der Waals surface area contributed by atoms with Gasteiger partial charge < -0.3 is 10.2 Å². The predicted molar refractivity (Wildman–Crippen MR) is 92.9 cm³/mol. The summed E-state index contributed by atoms with van der Waals surface area (Å²) < 4.78 is 1.18. The summed E-state index contributed by atoms with van der Waals surface area (Å²) in [5.41, 5.74) is 2.83. The first kappa shape index (κ1) is 15.3. The number of benzene rings is 1. The third kappa shape index (κ3) is 3.61. The van der Waals surface area contributed by atoms with Gasteiger partial charge in [-0.1, -0.05) is 22.9 Å². The van der Waals surface area contributed by atoms with Crippen LogP contribution in [0, 0.1) is 0 Å². The van der Waals surface area contributed by atoms with Crippen molar-refractivity contribution < 1.29 is 0 Å². The molecule has 2 fully saturated rings. The Morgan fingerprint density at radius 3 is 2.81 bits per heavy atom. The zero-order chi connectivity index (χ0) is 14.7. The fourth-order valence-electron chi connectivity index (χ4n) is 3.63.